The molecule has 0 aliphatic carbocycles. The van der Waals surface area contributed by atoms with Crippen molar-refractivity contribution in [1.82, 2.24) is 14.5 Å². The van der Waals surface area contributed by atoms with E-state index in [-0.39, 0.29) is 11.5 Å². The van der Waals surface area contributed by atoms with Gasteiger partial charge < -0.3 is 5.11 Å². The molecule has 0 bridgehead atoms. The largest absolute Gasteiger partial charge is 0.395 e. The van der Waals surface area contributed by atoms with Crippen LogP contribution in [0.4, 0.5) is 0 Å². The number of rotatable bonds is 4. The van der Waals surface area contributed by atoms with Crippen molar-refractivity contribution < 1.29 is 13.5 Å². The smallest absolute Gasteiger partial charge is 0.244 e. The molecule has 0 fully saturated rings. The lowest BCUT2D eigenvalue weighted by Crippen LogP contribution is -2.34. The van der Waals surface area contributed by atoms with E-state index in [1.807, 2.05) is 0 Å². The number of hydrogen-bond acceptors (Lipinski definition) is 4. The molecule has 0 amide bonds. The van der Waals surface area contributed by atoms with Crippen LogP contribution < -0.4 is 4.72 Å². The third-order valence-electron chi connectivity index (χ3n) is 1.62. The van der Waals surface area contributed by atoms with E-state index in [1.54, 1.807) is 14.0 Å². The highest BCUT2D eigenvalue weighted by atomic mass is 32.2. The predicted molar refractivity (Wildman–Crippen MR) is 50.1 cm³/mol. The van der Waals surface area contributed by atoms with Crippen molar-refractivity contribution in [2.24, 2.45) is 7.05 Å². The molecular formula is C7H13N3O3S. The topological polar surface area (TPSA) is 84.2 Å². The Balaban J connectivity index is 2.86. The van der Waals surface area contributed by atoms with E-state index in [2.05, 4.69) is 9.82 Å². The van der Waals surface area contributed by atoms with Gasteiger partial charge in [0.15, 0.2) is 0 Å². The molecule has 0 aliphatic rings. The fourth-order valence-electron chi connectivity index (χ4n) is 0.908. The first kappa shape index (κ1) is 11.2. The van der Waals surface area contributed by atoms with Gasteiger partial charge in [-0.15, -0.1) is 0 Å². The number of aliphatic hydroxyl groups excluding tert-OH is 1. The van der Waals surface area contributed by atoms with Gasteiger partial charge in [0.25, 0.3) is 0 Å². The molecule has 0 saturated carbocycles. The molecule has 1 rings (SSSR count). The minimum Gasteiger partial charge on any atom is -0.395 e. The average Bonchev–Trinajstić information content (AvgIpc) is 2.51. The number of hydrogen-bond donors (Lipinski definition) is 2. The zero-order valence-corrected chi connectivity index (χ0v) is 8.82. The summed E-state index contributed by atoms with van der Waals surface area (Å²) in [5.74, 6) is 0. The lowest BCUT2D eigenvalue weighted by Gasteiger charge is -2.09. The zero-order valence-electron chi connectivity index (χ0n) is 8.01. The monoisotopic (exact) mass is 219 g/mol. The summed E-state index contributed by atoms with van der Waals surface area (Å²) in [4.78, 5) is 0.0975. The summed E-state index contributed by atoms with van der Waals surface area (Å²) < 4.78 is 26.8. The van der Waals surface area contributed by atoms with E-state index in [1.165, 1.54) is 17.1 Å². The van der Waals surface area contributed by atoms with Gasteiger partial charge in [0, 0.05) is 19.3 Å². The first-order valence-electron chi connectivity index (χ1n) is 4.07. The summed E-state index contributed by atoms with van der Waals surface area (Å²) in [5, 5.41) is 12.5. The van der Waals surface area contributed by atoms with Gasteiger partial charge in [-0.1, -0.05) is 0 Å². The predicted octanol–water partition coefficient (Wildman–Crippen LogP) is -0.921. The number of aromatic nitrogens is 2. The second kappa shape index (κ2) is 4.07. The van der Waals surface area contributed by atoms with Crippen LogP contribution in [0.25, 0.3) is 0 Å². The summed E-state index contributed by atoms with van der Waals surface area (Å²) in [5.41, 5.74) is 0. The molecule has 0 aliphatic heterocycles. The van der Waals surface area contributed by atoms with Crippen LogP contribution in [-0.4, -0.2) is 36.0 Å². The standard InChI is InChI=1S/C7H13N3O3S/c1-6(5-11)9-14(12,13)7-3-8-10(2)4-7/h3-4,6,9,11H,5H2,1-2H3/t6-/m1/s1. The second-order valence-corrected chi connectivity index (χ2v) is 4.77. The number of nitrogens with one attached hydrogen (secondary N) is 1. The van der Waals surface area contributed by atoms with Gasteiger partial charge in [0.1, 0.15) is 4.90 Å². The molecule has 14 heavy (non-hydrogen) atoms. The van der Waals surface area contributed by atoms with Crippen LogP contribution in [0.1, 0.15) is 6.92 Å². The maximum Gasteiger partial charge on any atom is 0.244 e. The van der Waals surface area contributed by atoms with E-state index < -0.39 is 16.1 Å². The maximum atomic E-state index is 11.5. The van der Waals surface area contributed by atoms with Crippen molar-refractivity contribution >= 4 is 10.0 Å². The molecule has 0 radical (unpaired) electrons. The highest BCUT2D eigenvalue weighted by molar-refractivity contribution is 7.89. The van der Waals surface area contributed by atoms with Gasteiger partial charge in [0.2, 0.25) is 10.0 Å². The van der Waals surface area contributed by atoms with Gasteiger partial charge >= 0.3 is 0 Å². The Morgan fingerprint density at radius 3 is 2.79 bits per heavy atom. The third kappa shape index (κ3) is 2.53. The Morgan fingerprint density at radius 2 is 2.36 bits per heavy atom. The molecule has 2 N–H and O–H groups in total. The van der Waals surface area contributed by atoms with Crippen LogP contribution in [0.3, 0.4) is 0 Å². The fourth-order valence-corrected chi connectivity index (χ4v) is 2.13. The molecule has 7 heteroatoms. The van der Waals surface area contributed by atoms with Gasteiger partial charge in [-0.2, -0.15) is 5.10 Å². The summed E-state index contributed by atoms with van der Waals surface area (Å²) in [6.07, 6.45) is 2.65. The SMILES string of the molecule is C[C@H](CO)NS(=O)(=O)c1cnn(C)c1. The molecule has 0 unspecified atom stereocenters. The van der Waals surface area contributed by atoms with Crippen molar-refractivity contribution in [2.45, 2.75) is 17.9 Å². The first-order chi connectivity index (χ1) is 6.45. The summed E-state index contributed by atoms with van der Waals surface area (Å²) in [6, 6.07) is -0.500. The summed E-state index contributed by atoms with van der Waals surface area (Å²) in [6.45, 7) is 1.34. The first-order valence-corrected chi connectivity index (χ1v) is 5.56. The van der Waals surface area contributed by atoms with Crippen LogP contribution in [0.5, 0.6) is 0 Å². The molecule has 0 spiro atoms. The van der Waals surface area contributed by atoms with Crippen molar-refractivity contribution in [3.8, 4) is 0 Å². The average molecular weight is 219 g/mol. The Labute approximate surface area is 82.6 Å². The van der Waals surface area contributed by atoms with Crippen molar-refractivity contribution in [1.29, 1.82) is 0 Å². The number of sulfonamides is 1. The maximum absolute atomic E-state index is 11.5. The second-order valence-electron chi connectivity index (χ2n) is 3.05. The van der Waals surface area contributed by atoms with Gasteiger partial charge in [-0.25, -0.2) is 13.1 Å². The number of aryl methyl sites for hydroxylation is 1. The Morgan fingerprint density at radius 1 is 1.71 bits per heavy atom. The fraction of sp³-hybridized carbons (Fsp3) is 0.571. The van der Waals surface area contributed by atoms with E-state index in [0.717, 1.165) is 0 Å². The van der Waals surface area contributed by atoms with E-state index in [0.29, 0.717) is 0 Å². The van der Waals surface area contributed by atoms with Crippen LogP contribution in [0.2, 0.25) is 0 Å². The molecule has 0 aromatic carbocycles. The molecule has 80 valence electrons. The highest BCUT2D eigenvalue weighted by Crippen LogP contribution is 2.06. The number of aliphatic hydroxyl groups is 1. The molecule has 1 aromatic rings. The quantitative estimate of drug-likeness (QED) is 0.686. The van der Waals surface area contributed by atoms with Crippen LogP contribution in [0, 0.1) is 0 Å². The Hall–Kier alpha value is -0.920. The normalized spacial score (nSPS) is 14.2. The lowest BCUT2D eigenvalue weighted by molar-refractivity contribution is 0.265. The van der Waals surface area contributed by atoms with Gasteiger partial charge in [-0.3, -0.25) is 4.68 Å². The summed E-state index contributed by atoms with van der Waals surface area (Å²) in [7, 11) is -1.91. The zero-order chi connectivity index (χ0) is 10.8. The van der Waals surface area contributed by atoms with Crippen molar-refractivity contribution in [3.63, 3.8) is 0 Å². The molecule has 1 heterocycles. The lowest BCUT2D eigenvalue weighted by atomic mass is 10.4. The molecule has 0 saturated heterocycles. The van der Waals surface area contributed by atoms with E-state index in [9.17, 15) is 8.42 Å². The van der Waals surface area contributed by atoms with Crippen LogP contribution >= 0.6 is 0 Å². The van der Waals surface area contributed by atoms with Crippen LogP contribution in [-0.2, 0) is 17.1 Å². The minimum absolute atomic E-state index is 0.0975. The van der Waals surface area contributed by atoms with E-state index >= 15 is 0 Å². The minimum atomic E-state index is -3.54. The van der Waals surface area contributed by atoms with Gasteiger partial charge in [0.05, 0.1) is 12.8 Å². The van der Waals surface area contributed by atoms with Crippen molar-refractivity contribution in [3.05, 3.63) is 12.4 Å². The van der Waals surface area contributed by atoms with E-state index in [4.69, 9.17) is 5.11 Å². The summed E-state index contributed by atoms with van der Waals surface area (Å²) >= 11 is 0. The van der Waals surface area contributed by atoms with Crippen LogP contribution in [0.15, 0.2) is 17.3 Å². The highest BCUT2D eigenvalue weighted by Gasteiger charge is 2.18. The Bertz CT molecular complexity index is 398. The van der Waals surface area contributed by atoms with Crippen molar-refractivity contribution in [2.75, 3.05) is 6.61 Å². The molecule has 1 atom stereocenters. The third-order valence-corrected chi connectivity index (χ3v) is 3.17. The molecular weight excluding hydrogens is 206 g/mol. The molecule has 6 nitrogen and oxygen atoms in total. The number of nitrogens with zero attached hydrogens (tertiary/aromatic N) is 2. The Kier molecular flexibility index (Phi) is 3.25. The van der Waals surface area contributed by atoms with Gasteiger partial charge in [-0.05, 0) is 6.92 Å². The molecule has 1 aromatic heterocycles.